The van der Waals surface area contributed by atoms with Gasteiger partial charge in [-0.3, -0.25) is 9.48 Å². The maximum absolute atomic E-state index is 12.3. The molecule has 1 N–H and O–H groups in total. The van der Waals surface area contributed by atoms with Crippen LogP contribution in [0.5, 0.6) is 0 Å². The Morgan fingerprint density at radius 2 is 2.09 bits per heavy atom. The van der Waals surface area contributed by atoms with Gasteiger partial charge in [-0.2, -0.15) is 5.10 Å². The normalized spacial score (nSPS) is 12.4. The van der Waals surface area contributed by atoms with Gasteiger partial charge in [0.2, 0.25) is 0 Å². The first-order chi connectivity index (χ1) is 10.4. The van der Waals surface area contributed by atoms with E-state index in [1.54, 1.807) is 16.9 Å². The van der Waals surface area contributed by atoms with Gasteiger partial charge in [0, 0.05) is 24.1 Å². The van der Waals surface area contributed by atoms with Crippen molar-refractivity contribution in [2.24, 2.45) is 5.92 Å². The van der Waals surface area contributed by atoms with Crippen LogP contribution in [0.4, 0.5) is 0 Å². The van der Waals surface area contributed by atoms with Gasteiger partial charge in [-0.05, 0) is 38.3 Å². The molecule has 0 fully saturated rings. The monoisotopic (exact) mass is 301 g/mol. The van der Waals surface area contributed by atoms with E-state index in [9.17, 15) is 4.79 Å². The van der Waals surface area contributed by atoms with Crippen LogP contribution < -0.4 is 5.32 Å². The second-order valence-electron chi connectivity index (χ2n) is 5.99. The van der Waals surface area contributed by atoms with Crippen molar-refractivity contribution in [3.8, 4) is 0 Å². The predicted octanol–water partition coefficient (Wildman–Crippen LogP) is 2.00. The highest BCUT2D eigenvalue weighted by atomic mass is 16.1. The molecular weight excluding hydrogens is 278 g/mol. The lowest BCUT2D eigenvalue weighted by Gasteiger charge is -2.14. The Balaban J connectivity index is 2.03. The zero-order chi connectivity index (χ0) is 16.1. The first-order valence-electron chi connectivity index (χ1n) is 7.57. The van der Waals surface area contributed by atoms with E-state index in [4.69, 9.17) is 0 Å². The first-order valence-corrected chi connectivity index (χ1v) is 7.57. The maximum atomic E-state index is 12.3. The van der Waals surface area contributed by atoms with E-state index in [0.29, 0.717) is 24.0 Å². The van der Waals surface area contributed by atoms with Crippen molar-refractivity contribution in [2.45, 2.75) is 46.7 Å². The molecule has 0 aromatic carbocycles. The SMILES string of the molecule is Cc1nc(CC(C)C)cc(C(=O)N[C@H](C)Cn2cccn2)n1. The van der Waals surface area contributed by atoms with Gasteiger partial charge in [-0.25, -0.2) is 9.97 Å². The number of amides is 1. The molecule has 2 aromatic rings. The molecule has 0 unspecified atom stereocenters. The van der Waals surface area contributed by atoms with Crippen molar-refractivity contribution in [1.29, 1.82) is 0 Å². The molecule has 0 saturated carbocycles. The quantitative estimate of drug-likeness (QED) is 0.885. The minimum Gasteiger partial charge on any atom is -0.346 e. The fourth-order valence-electron chi connectivity index (χ4n) is 2.30. The van der Waals surface area contributed by atoms with E-state index in [1.165, 1.54) is 0 Å². The first kappa shape index (κ1) is 16.1. The molecule has 6 heteroatoms. The fourth-order valence-corrected chi connectivity index (χ4v) is 2.30. The third kappa shape index (κ3) is 4.65. The summed E-state index contributed by atoms with van der Waals surface area (Å²) in [6, 6.07) is 3.61. The smallest absolute Gasteiger partial charge is 0.270 e. The van der Waals surface area contributed by atoms with Crippen molar-refractivity contribution in [2.75, 3.05) is 0 Å². The molecule has 2 aromatic heterocycles. The number of nitrogens with one attached hydrogen (secondary N) is 1. The van der Waals surface area contributed by atoms with E-state index in [-0.39, 0.29) is 11.9 Å². The minimum absolute atomic E-state index is 0.0313. The van der Waals surface area contributed by atoms with Gasteiger partial charge >= 0.3 is 0 Å². The molecular formula is C16H23N5O. The number of nitrogens with zero attached hydrogens (tertiary/aromatic N) is 4. The van der Waals surface area contributed by atoms with Gasteiger partial charge in [0.25, 0.3) is 5.91 Å². The van der Waals surface area contributed by atoms with E-state index in [1.807, 2.05) is 26.1 Å². The molecule has 0 aliphatic carbocycles. The van der Waals surface area contributed by atoms with Crippen LogP contribution >= 0.6 is 0 Å². The lowest BCUT2D eigenvalue weighted by atomic mass is 10.1. The number of rotatable bonds is 6. The van der Waals surface area contributed by atoms with Crippen LogP contribution in [0, 0.1) is 12.8 Å². The molecule has 1 atom stereocenters. The standard InChI is InChI=1S/C16H23N5O/c1-11(2)8-14-9-15(20-13(4)19-14)16(22)18-12(3)10-21-7-5-6-17-21/h5-7,9,11-12H,8,10H2,1-4H3,(H,18,22)/t12-/m1/s1. The summed E-state index contributed by atoms with van der Waals surface area (Å²) in [4.78, 5) is 21.0. The molecule has 1 amide bonds. The Labute approximate surface area is 131 Å². The fraction of sp³-hybridized carbons (Fsp3) is 0.500. The van der Waals surface area contributed by atoms with Crippen LogP contribution in [0.25, 0.3) is 0 Å². The van der Waals surface area contributed by atoms with E-state index >= 15 is 0 Å². The Morgan fingerprint density at radius 1 is 1.32 bits per heavy atom. The van der Waals surface area contributed by atoms with Crippen LogP contribution in [0.15, 0.2) is 24.5 Å². The number of hydrogen-bond donors (Lipinski definition) is 1. The van der Waals surface area contributed by atoms with Crippen molar-refractivity contribution in [3.63, 3.8) is 0 Å². The highest BCUT2D eigenvalue weighted by Gasteiger charge is 2.14. The lowest BCUT2D eigenvalue weighted by molar-refractivity contribution is 0.0930. The summed E-state index contributed by atoms with van der Waals surface area (Å²) in [6.07, 6.45) is 4.44. The minimum atomic E-state index is -0.171. The molecule has 2 heterocycles. The summed E-state index contributed by atoms with van der Waals surface area (Å²) in [5.41, 5.74) is 1.34. The van der Waals surface area contributed by atoms with Crippen LogP contribution in [0.2, 0.25) is 0 Å². The molecule has 0 aliphatic rings. The summed E-state index contributed by atoms with van der Waals surface area (Å²) in [6.45, 7) is 8.64. The Bertz CT molecular complexity index is 621. The predicted molar refractivity (Wildman–Crippen MR) is 84.5 cm³/mol. The zero-order valence-corrected chi connectivity index (χ0v) is 13.6. The Hall–Kier alpha value is -2.24. The van der Waals surface area contributed by atoms with Crippen molar-refractivity contribution in [3.05, 3.63) is 41.7 Å². The largest absolute Gasteiger partial charge is 0.346 e. The second-order valence-corrected chi connectivity index (χ2v) is 5.99. The van der Waals surface area contributed by atoms with Gasteiger partial charge in [0.15, 0.2) is 0 Å². The summed E-state index contributed by atoms with van der Waals surface area (Å²) in [5.74, 6) is 0.946. The maximum Gasteiger partial charge on any atom is 0.270 e. The highest BCUT2D eigenvalue weighted by Crippen LogP contribution is 2.08. The Kier molecular flexibility index (Phi) is 5.25. The van der Waals surface area contributed by atoms with Crippen molar-refractivity contribution >= 4 is 5.91 Å². The zero-order valence-electron chi connectivity index (χ0n) is 13.6. The van der Waals surface area contributed by atoms with Crippen molar-refractivity contribution < 1.29 is 4.79 Å². The molecule has 0 bridgehead atoms. The van der Waals surface area contributed by atoms with E-state index < -0.39 is 0 Å². The van der Waals surface area contributed by atoms with Gasteiger partial charge < -0.3 is 5.32 Å². The molecule has 0 saturated heterocycles. The number of hydrogen-bond acceptors (Lipinski definition) is 4. The molecule has 0 spiro atoms. The van der Waals surface area contributed by atoms with Gasteiger partial charge in [-0.15, -0.1) is 0 Å². The third-order valence-electron chi connectivity index (χ3n) is 3.14. The summed E-state index contributed by atoms with van der Waals surface area (Å²) in [5, 5.41) is 7.09. The number of carbonyl (C=O) groups is 1. The molecule has 0 aliphatic heterocycles. The van der Waals surface area contributed by atoms with Crippen LogP contribution in [-0.4, -0.2) is 31.7 Å². The summed E-state index contributed by atoms with van der Waals surface area (Å²) >= 11 is 0. The van der Waals surface area contributed by atoms with Gasteiger partial charge in [-0.1, -0.05) is 13.8 Å². The second kappa shape index (κ2) is 7.15. The molecule has 118 valence electrons. The average Bonchev–Trinajstić information content (AvgIpc) is 2.89. The lowest BCUT2D eigenvalue weighted by Crippen LogP contribution is -2.36. The van der Waals surface area contributed by atoms with Crippen LogP contribution in [0.1, 0.15) is 42.8 Å². The van der Waals surface area contributed by atoms with E-state index in [0.717, 1.165) is 12.1 Å². The summed E-state index contributed by atoms with van der Waals surface area (Å²) < 4.78 is 1.79. The molecule has 2 rings (SSSR count). The highest BCUT2D eigenvalue weighted by molar-refractivity contribution is 5.92. The van der Waals surface area contributed by atoms with Crippen LogP contribution in [-0.2, 0) is 13.0 Å². The summed E-state index contributed by atoms with van der Waals surface area (Å²) in [7, 11) is 0. The van der Waals surface area contributed by atoms with E-state index in [2.05, 4.69) is 34.2 Å². The number of aryl methyl sites for hydroxylation is 1. The average molecular weight is 301 g/mol. The number of aromatic nitrogens is 4. The molecule has 22 heavy (non-hydrogen) atoms. The van der Waals surface area contributed by atoms with Gasteiger partial charge in [0.05, 0.1) is 6.54 Å². The number of carbonyl (C=O) groups excluding carboxylic acids is 1. The van der Waals surface area contributed by atoms with Gasteiger partial charge in [0.1, 0.15) is 11.5 Å². The van der Waals surface area contributed by atoms with Crippen molar-refractivity contribution in [1.82, 2.24) is 25.1 Å². The van der Waals surface area contributed by atoms with Crippen LogP contribution in [0.3, 0.4) is 0 Å². The third-order valence-corrected chi connectivity index (χ3v) is 3.14. The Morgan fingerprint density at radius 3 is 2.73 bits per heavy atom. The topological polar surface area (TPSA) is 72.7 Å². The molecule has 6 nitrogen and oxygen atoms in total. The molecule has 0 radical (unpaired) electrons.